The van der Waals surface area contributed by atoms with Crippen LogP contribution in [-0.2, 0) is 11.4 Å². The van der Waals surface area contributed by atoms with E-state index in [1.807, 2.05) is 24.3 Å². The van der Waals surface area contributed by atoms with Gasteiger partial charge in [-0.05, 0) is 84.1 Å². The maximum atomic E-state index is 14.5. The molecule has 5 unspecified atom stereocenters. The molecule has 7 heteroatoms. The normalized spacial score (nSPS) is 33.9. The maximum Gasteiger partial charge on any atom is 0.453 e. The van der Waals surface area contributed by atoms with Gasteiger partial charge in [0, 0.05) is 18.3 Å². The molecule has 0 aliphatic heterocycles. The van der Waals surface area contributed by atoms with Crippen molar-refractivity contribution in [3.8, 4) is 0 Å². The van der Waals surface area contributed by atoms with Crippen molar-refractivity contribution >= 4 is 5.78 Å². The second-order valence-electron chi connectivity index (χ2n) is 10.7. The van der Waals surface area contributed by atoms with Crippen LogP contribution >= 0.6 is 0 Å². The fourth-order valence-electron chi connectivity index (χ4n) is 7.57. The maximum absolute atomic E-state index is 14.5. The van der Waals surface area contributed by atoms with Crippen LogP contribution in [0.4, 0.5) is 22.0 Å². The molecule has 0 heterocycles. The lowest BCUT2D eigenvalue weighted by atomic mass is 9.54. The number of benzene rings is 1. The summed E-state index contributed by atoms with van der Waals surface area (Å²) in [6, 6.07) is 7.52. The highest BCUT2D eigenvalue weighted by molar-refractivity contribution is 5.94. The standard InChI is InChI=1S/C27H29F5O2/c1-25-11-10-20-19(22(25)8-9-23(25)26(28,29)27(30,31)32)7-6-17-12-18(34)13-21(24(17)20)16-4-2-15(14-33)3-5-16/h2-5,12,19,21-23,33H,6-11,13-14H2,1H3. The number of hydrogen-bond acceptors (Lipinski definition) is 2. The number of aliphatic hydroxyl groups excluding tert-OH is 1. The van der Waals surface area contributed by atoms with Gasteiger partial charge in [0.15, 0.2) is 5.78 Å². The van der Waals surface area contributed by atoms with Crippen LogP contribution in [0.15, 0.2) is 47.1 Å². The Labute approximate surface area is 195 Å². The molecule has 4 aliphatic rings. The Balaban J connectivity index is 1.54. The van der Waals surface area contributed by atoms with Crippen LogP contribution in [0.5, 0.6) is 0 Å². The van der Waals surface area contributed by atoms with Gasteiger partial charge in [0.25, 0.3) is 0 Å². The summed E-state index contributed by atoms with van der Waals surface area (Å²) in [6.07, 6.45) is -1.10. The number of hydrogen-bond donors (Lipinski definition) is 1. The van der Waals surface area contributed by atoms with Crippen molar-refractivity contribution < 1.29 is 31.9 Å². The Hall–Kier alpha value is -2.02. The van der Waals surface area contributed by atoms with Crippen LogP contribution in [0, 0.1) is 23.2 Å². The van der Waals surface area contributed by atoms with Gasteiger partial charge in [0.1, 0.15) is 0 Å². The molecule has 0 spiro atoms. The van der Waals surface area contributed by atoms with Crippen LogP contribution in [0.3, 0.4) is 0 Å². The number of allylic oxidation sites excluding steroid dienone is 4. The molecule has 5 atom stereocenters. The average molecular weight is 481 g/mol. The zero-order valence-corrected chi connectivity index (χ0v) is 19.1. The van der Waals surface area contributed by atoms with E-state index in [0.29, 0.717) is 38.5 Å². The number of halogens is 5. The van der Waals surface area contributed by atoms with Crippen LogP contribution < -0.4 is 0 Å². The van der Waals surface area contributed by atoms with Gasteiger partial charge >= 0.3 is 12.1 Å². The highest BCUT2D eigenvalue weighted by Crippen LogP contribution is 2.67. The molecule has 1 aromatic carbocycles. The van der Waals surface area contributed by atoms with Gasteiger partial charge in [-0.25, -0.2) is 0 Å². The van der Waals surface area contributed by atoms with E-state index >= 15 is 0 Å². The van der Waals surface area contributed by atoms with Gasteiger partial charge in [0.05, 0.1) is 6.61 Å². The first-order valence-electron chi connectivity index (χ1n) is 12.1. The monoisotopic (exact) mass is 480 g/mol. The van der Waals surface area contributed by atoms with Crippen LogP contribution in [0.2, 0.25) is 0 Å². The first-order chi connectivity index (χ1) is 16.0. The summed E-state index contributed by atoms with van der Waals surface area (Å²) in [5, 5.41) is 9.37. The quantitative estimate of drug-likeness (QED) is 0.478. The second kappa shape index (κ2) is 8.00. The fourth-order valence-corrected chi connectivity index (χ4v) is 7.57. The van der Waals surface area contributed by atoms with Gasteiger partial charge in [-0.15, -0.1) is 0 Å². The van der Waals surface area contributed by atoms with E-state index < -0.39 is 23.4 Å². The summed E-state index contributed by atoms with van der Waals surface area (Å²) in [5.74, 6) is -6.69. The lowest BCUT2D eigenvalue weighted by Gasteiger charge is -2.51. The summed E-state index contributed by atoms with van der Waals surface area (Å²) in [5.41, 5.74) is 3.97. The van der Waals surface area contributed by atoms with Gasteiger partial charge < -0.3 is 5.11 Å². The van der Waals surface area contributed by atoms with Crippen molar-refractivity contribution in [1.82, 2.24) is 0 Å². The molecular weight excluding hydrogens is 451 g/mol. The van der Waals surface area contributed by atoms with E-state index in [1.165, 1.54) is 5.57 Å². The Morgan fingerprint density at radius 3 is 2.38 bits per heavy atom. The zero-order chi connectivity index (χ0) is 24.5. The number of rotatable bonds is 3. The third kappa shape index (κ3) is 3.49. The summed E-state index contributed by atoms with van der Waals surface area (Å²) in [4.78, 5) is 12.5. The van der Waals surface area contributed by atoms with Crippen molar-refractivity contribution in [3.05, 3.63) is 58.2 Å². The van der Waals surface area contributed by atoms with Crippen molar-refractivity contribution in [2.75, 3.05) is 0 Å². The summed E-state index contributed by atoms with van der Waals surface area (Å²) in [7, 11) is 0. The molecule has 0 saturated heterocycles. The molecule has 2 saturated carbocycles. The van der Waals surface area contributed by atoms with E-state index in [4.69, 9.17) is 0 Å². The molecule has 0 aromatic heterocycles. The molecule has 5 rings (SSSR count). The number of alkyl halides is 5. The lowest BCUT2D eigenvalue weighted by Crippen LogP contribution is -2.51. The number of carbonyl (C=O) groups excluding carboxylic acids is 1. The minimum Gasteiger partial charge on any atom is -0.392 e. The molecule has 34 heavy (non-hydrogen) atoms. The van der Waals surface area contributed by atoms with Gasteiger partial charge in [-0.3, -0.25) is 4.79 Å². The molecule has 4 aliphatic carbocycles. The highest BCUT2D eigenvalue weighted by Gasteiger charge is 2.70. The van der Waals surface area contributed by atoms with E-state index in [2.05, 4.69) is 0 Å². The van der Waals surface area contributed by atoms with Gasteiger partial charge in [0.2, 0.25) is 0 Å². The minimum atomic E-state index is -5.54. The Morgan fingerprint density at radius 2 is 1.74 bits per heavy atom. The SMILES string of the molecule is CC12CCC3=C4C(=CC(=O)CC4c4ccc(CO)cc4)CCC3C1CCC2C(F)(F)C(F)(F)F. The van der Waals surface area contributed by atoms with E-state index in [9.17, 15) is 31.9 Å². The van der Waals surface area contributed by atoms with E-state index in [-0.39, 0.29) is 36.6 Å². The third-order valence-corrected chi connectivity index (χ3v) is 9.16. The predicted octanol–water partition coefficient (Wildman–Crippen LogP) is 6.89. The molecule has 0 bridgehead atoms. The molecule has 2 nitrogen and oxygen atoms in total. The smallest absolute Gasteiger partial charge is 0.392 e. The minimum absolute atomic E-state index is 0.0210. The van der Waals surface area contributed by atoms with Crippen LogP contribution in [0.25, 0.3) is 0 Å². The largest absolute Gasteiger partial charge is 0.453 e. The van der Waals surface area contributed by atoms with Crippen molar-refractivity contribution in [2.24, 2.45) is 23.2 Å². The molecule has 1 aromatic rings. The zero-order valence-electron chi connectivity index (χ0n) is 19.1. The number of ketones is 1. The van der Waals surface area contributed by atoms with Crippen LogP contribution in [-0.4, -0.2) is 23.0 Å². The topological polar surface area (TPSA) is 37.3 Å². The molecule has 0 amide bonds. The molecule has 2 fully saturated rings. The highest BCUT2D eigenvalue weighted by atomic mass is 19.4. The first kappa shape index (κ1) is 23.7. The number of carbonyl (C=O) groups is 1. The van der Waals surface area contributed by atoms with Gasteiger partial charge in [-0.1, -0.05) is 36.8 Å². The third-order valence-electron chi connectivity index (χ3n) is 9.16. The summed E-state index contributed by atoms with van der Waals surface area (Å²) in [6.45, 7) is 1.58. The van der Waals surface area contributed by atoms with Crippen molar-refractivity contribution in [2.45, 2.75) is 76.5 Å². The first-order valence-corrected chi connectivity index (χ1v) is 12.1. The lowest BCUT2D eigenvalue weighted by molar-refractivity contribution is -0.314. The van der Waals surface area contributed by atoms with E-state index in [0.717, 1.165) is 22.3 Å². The van der Waals surface area contributed by atoms with Crippen molar-refractivity contribution in [1.29, 1.82) is 0 Å². The van der Waals surface area contributed by atoms with Crippen LogP contribution in [0.1, 0.15) is 68.9 Å². The average Bonchev–Trinajstić information content (AvgIpc) is 3.15. The Bertz CT molecular complexity index is 1050. The van der Waals surface area contributed by atoms with E-state index in [1.54, 1.807) is 13.0 Å². The fraction of sp³-hybridized carbons (Fsp3) is 0.593. The van der Waals surface area contributed by atoms with Crippen molar-refractivity contribution in [3.63, 3.8) is 0 Å². The molecule has 1 N–H and O–H groups in total. The predicted molar refractivity (Wildman–Crippen MR) is 117 cm³/mol. The molecule has 0 radical (unpaired) electrons. The van der Waals surface area contributed by atoms with Gasteiger partial charge in [-0.2, -0.15) is 22.0 Å². The molecular formula is C27H29F5O2. The number of fused-ring (bicyclic) bond motifs is 4. The summed E-state index contributed by atoms with van der Waals surface area (Å²) >= 11 is 0. The summed E-state index contributed by atoms with van der Waals surface area (Å²) < 4.78 is 68.9. The second-order valence-corrected chi connectivity index (χ2v) is 10.7. The molecule has 184 valence electrons. The number of aliphatic hydroxyl groups is 1. The Kier molecular flexibility index (Phi) is 5.58. The Morgan fingerprint density at radius 1 is 1.03 bits per heavy atom.